The number of benzene rings is 1. The zero-order valence-corrected chi connectivity index (χ0v) is 12.4. The average Bonchev–Trinajstić information content (AvgIpc) is 2.66. The Balaban J connectivity index is 2.13. The first-order valence-electron chi connectivity index (χ1n) is 6.65. The number of aromatic nitrogens is 2. The summed E-state index contributed by atoms with van der Waals surface area (Å²) in [5.74, 6) is 0.939. The smallest absolute Gasteiger partial charge is 0.141 e. The fourth-order valence-corrected chi connectivity index (χ4v) is 2.39. The maximum absolute atomic E-state index is 12.3. The van der Waals surface area contributed by atoms with Crippen LogP contribution in [-0.4, -0.2) is 22.7 Å². The van der Waals surface area contributed by atoms with Gasteiger partial charge in [-0.15, -0.1) is 0 Å². The number of hydrogen-bond donors (Lipinski definition) is 0. The number of nitrogens with zero attached hydrogens (tertiary/aromatic N) is 2. The van der Waals surface area contributed by atoms with Crippen molar-refractivity contribution in [1.29, 1.82) is 0 Å². The van der Waals surface area contributed by atoms with Crippen molar-refractivity contribution < 1.29 is 9.53 Å². The molecule has 2 rings (SSSR count). The molecule has 0 aliphatic heterocycles. The molecule has 0 atom stereocenters. The Hall–Kier alpha value is -2.10. The van der Waals surface area contributed by atoms with Crippen LogP contribution in [0, 0.1) is 13.8 Å². The summed E-state index contributed by atoms with van der Waals surface area (Å²) in [7, 11) is 3.52. The van der Waals surface area contributed by atoms with Gasteiger partial charge in [-0.05, 0) is 19.9 Å². The maximum atomic E-state index is 12.3. The Morgan fingerprint density at radius 2 is 1.95 bits per heavy atom. The third-order valence-electron chi connectivity index (χ3n) is 3.61. The number of ketones is 1. The Morgan fingerprint density at radius 3 is 2.55 bits per heavy atom. The lowest BCUT2D eigenvalue weighted by Crippen LogP contribution is -2.09. The van der Waals surface area contributed by atoms with Crippen molar-refractivity contribution in [2.24, 2.45) is 7.05 Å². The summed E-state index contributed by atoms with van der Waals surface area (Å²) in [5.41, 5.74) is 3.95. The summed E-state index contributed by atoms with van der Waals surface area (Å²) in [4.78, 5) is 12.3. The number of carbonyl (C=O) groups is 1. The molecular formula is C16H20N2O2. The highest BCUT2D eigenvalue weighted by molar-refractivity contribution is 5.84. The predicted octanol–water partition coefficient (Wildman–Crippen LogP) is 2.40. The summed E-state index contributed by atoms with van der Waals surface area (Å²) >= 11 is 0. The molecular weight excluding hydrogens is 252 g/mol. The van der Waals surface area contributed by atoms with Crippen LogP contribution >= 0.6 is 0 Å². The average molecular weight is 272 g/mol. The normalized spacial score (nSPS) is 10.6. The van der Waals surface area contributed by atoms with Crippen molar-refractivity contribution in [3.05, 3.63) is 46.8 Å². The molecule has 0 amide bonds. The largest absolute Gasteiger partial charge is 0.496 e. The van der Waals surface area contributed by atoms with Crippen LogP contribution in [0.3, 0.4) is 0 Å². The fourth-order valence-electron chi connectivity index (χ4n) is 2.39. The molecule has 106 valence electrons. The summed E-state index contributed by atoms with van der Waals surface area (Å²) in [6.45, 7) is 3.93. The van der Waals surface area contributed by atoms with Gasteiger partial charge in [0, 0.05) is 36.7 Å². The van der Waals surface area contributed by atoms with E-state index in [1.807, 2.05) is 49.8 Å². The molecule has 0 fully saturated rings. The second-order valence-electron chi connectivity index (χ2n) is 4.98. The van der Waals surface area contributed by atoms with Gasteiger partial charge in [0.2, 0.25) is 0 Å². The van der Waals surface area contributed by atoms with Crippen molar-refractivity contribution >= 4 is 5.78 Å². The molecule has 0 spiro atoms. The Bertz CT molecular complexity index is 629. The molecule has 0 saturated heterocycles. The minimum absolute atomic E-state index is 0.175. The van der Waals surface area contributed by atoms with Gasteiger partial charge in [-0.25, -0.2) is 0 Å². The van der Waals surface area contributed by atoms with Gasteiger partial charge in [-0.3, -0.25) is 9.48 Å². The van der Waals surface area contributed by atoms with Crippen molar-refractivity contribution in [2.75, 3.05) is 7.11 Å². The van der Waals surface area contributed by atoms with Crippen molar-refractivity contribution in [3.63, 3.8) is 0 Å². The van der Waals surface area contributed by atoms with E-state index < -0.39 is 0 Å². The lowest BCUT2D eigenvalue weighted by molar-refractivity contribution is -0.117. The highest BCUT2D eigenvalue weighted by Gasteiger charge is 2.15. The molecule has 2 aromatic rings. The Kier molecular flexibility index (Phi) is 4.23. The van der Waals surface area contributed by atoms with Crippen molar-refractivity contribution in [3.8, 4) is 5.75 Å². The fraction of sp³-hybridized carbons (Fsp3) is 0.375. The van der Waals surface area contributed by atoms with Crippen LogP contribution in [0.1, 0.15) is 22.5 Å². The molecule has 1 heterocycles. The number of aryl methyl sites for hydroxylation is 2. The van der Waals surface area contributed by atoms with Crippen LogP contribution in [0.2, 0.25) is 0 Å². The van der Waals surface area contributed by atoms with E-state index in [0.29, 0.717) is 12.8 Å². The molecule has 0 aliphatic carbocycles. The molecule has 0 N–H and O–H groups in total. The summed E-state index contributed by atoms with van der Waals surface area (Å²) in [6, 6.07) is 7.64. The first kappa shape index (κ1) is 14.3. The minimum atomic E-state index is 0.175. The van der Waals surface area contributed by atoms with E-state index in [4.69, 9.17) is 4.74 Å². The van der Waals surface area contributed by atoms with E-state index in [9.17, 15) is 4.79 Å². The zero-order chi connectivity index (χ0) is 14.7. The highest BCUT2D eigenvalue weighted by Crippen LogP contribution is 2.20. The van der Waals surface area contributed by atoms with Gasteiger partial charge < -0.3 is 4.74 Å². The van der Waals surface area contributed by atoms with Crippen LogP contribution < -0.4 is 4.74 Å². The number of carbonyl (C=O) groups excluding carboxylic acids is 1. The maximum Gasteiger partial charge on any atom is 0.141 e. The predicted molar refractivity (Wildman–Crippen MR) is 78.1 cm³/mol. The number of Topliss-reactive ketones (excluding diaryl/α,β-unsaturated/α-hetero) is 1. The quantitative estimate of drug-likeness (QED) is 0.839. The number of ether oxygens (including phenoxy) is 1. The van der Waals surface area contributed by atoms with Gasteiger partial charge >= 0.3 is 0 Å². The van der Waals surface area contributed by atoms with Gasteiger partial charge in [0.15, 0.2) is 0 Å². The highest BCUT2D eigenvalue weighted by atomic mass is 16.5. The van der Waals surface area contributed by atoms with Crippen LogP contribution in [0.5, 0.6) is 5.75 Å². The molecule has 0 saturated carbocycles. The van der Waals surface area contributed by atoms with E-state index in [0.717, 1.165) is 28.3 Å². The molecule has 1 aromatic carbocycles. The second-order valence-corrected chi connectivity index (χ2v) is 4.98. The lowest BCUT2D eigenvalue weighted by Gasteiger charge is -2.07. The molecule has 4 heteroatoms. The van der Waals surface area contributed by atoms with Gasteiger partial charge in [0.1, 0.15) is 11.5 Å². The third kappa shape index (κ3) is 2.90. The molecule has 1 aromatic heterocycles. The summed E-state index contributed by atoms with van der Waals surface area (Å²) < 4.78 is 7.10. The van der Waals surface area contributed by atoms with E-state index in [2.05, 4.69) is 5.10 Å². The third-order valence-corrected chi connectivity index (χ3v) is 3.61. The molecule has 0 radical (unpaired) electrons. The van der Waals surface area contributed by atoms with E-state index in [1.165, 1.54) is 0 Å². The first-order chi connectivity index (χ1) is 9.52. The number of para-hydroxylation sites is 1. The minimum Gasteiger partial charge on any atom is -0.496 e. The molecule has 0 aliphatic rings. The van der Waals surface area contributed by atoms with Gasteiger partial charge in [0.05, 0.1) is 12.8 Å². The summed E-state index contributed by atoms with van der Waals surface area (Å²) in [5, 5.41) is 4.34. The van der Waals surface area contributed by atoms with Crippen LogP contribution in [0.15, 0.2) is 24.3 Å². The number of rotatable bonds is 5. The Morgan fingerprint density at radius 1 is 1.25 bits per heavy atom. The summed E-state index contributed by atoms with van der Waals surface area (Å²) in [6.07, 6.45) is 0.807. The molecule has 0 bridgehead atoms. The Labute approximate surface area is 119 Å². The monoisotopic (exact) mass is 272 g/mol. The second kappa shape index (κ2) is 5.90. The SMILES string of the molecule is COc1ccccc1CC(=O)Cc1c(C)nn(C)c1C. The van der Waals surface area contributed by atoms with E-state index in [-0.39, 0.29) is 5.78 Å². The topological polar surface area (TPSA) is 44.1 Å². The van der Waals surface area contributed by atoms with Gasteiger partial charge in [-0.1, -0.05) is 18.2 Å². The lowest BCUT2D eigenvalue weighted by atomic mass is 10.0. The van der Waals surface area contributed by atoms with Crippen LogP contribution in [0.25, 0.3) is 0 Å². The molecule has 0 unspecified atom stereocenters. The first-order valence-corrected chi connectivity index (χ1v) is 6.65. The molecule has 4 nitrogen and oxygen atoms in total. The van der Waals surface area contributed by atoms with Crippen molar-refractivity contribution in [1.82, 2.24) is 9.78 Å². The molecule has 20 heavy (non-hydrogen) atoms. The zero-order valence-electron chi connectivity index (χ0n) is 12.4. The van der Waals surface area contributed by atoms with Crippen LogP contribution in [0.4, 0.5) is 0 Å². The standard InChI is InChI=1S/C16H20N2O2/c1-11-15(12(2)18(3)17-11)10-14(19)9-13-7-5-6-8-16(13)20-4/h5-8H,9-10H2,1-4H3. The number of methoxy groups -OCH3 is 1. The van der Waals surface area contributed by atoms with Crippen LogP contribution in [-0.2, 0) is 24.7 Å². The van der Waals surface area contributed by atoms with E-state index >= 15 is 0 Å². The number of hydrogen-bond acceptors (Lipinski definition) is 3. The van der Waals surface area contributed by atoms with Gasteiger partial charge in [-0.2, -0.15) is 5.10 Å². The van der Waals surface area contributed by atoms with E-state index in [1.54, 1.807) is 7.11 Å². The van der Waals surface area contributed by atoms with Gasteiger partial charge in [0.25, 0.3) is 0 Å². The van der Waals surface area contributed by atoms with Crippen molar-refractivity contribution in [2.45, 2.75) is 26.7 Å².